The van der Waals surface area contributed by atoms with Crippen molar-refractivity contribution >= 4 is 29.3 Å². The van der Waals surface area contributed by atoms with Crippen LogP contribution in [0.5, 0.6) is 0 Å². The summed E-state index contributed by atoms with van der Waals surface area (Å²) in [6.45, 7) is 0. The van der Waals surface area contributed by atoms with E-state index in [1.165, 1.54) is 0 Å². The molecule has 0 aliphatic heterocycles. The normalized spacial score (nSPS) is 8.82. The third-order valence-electron chi connectivity index (χ3n) is 0.759. The fourth-order valence-corrected chi connectivity index (χ4v) is 0.440. The Morgan fingerprint density at radius 3 is 2.27 bits per heavy atom. The number of halogens is 1. The number of rotatable bonds is 4. The van der Waals surface area contributed by atoms with Gasteiger partial charge in [0.2, 0.25) is 0 Å². The van der Waals surface area contributed by atoms with Crippen molar-refractivity contribution in [1.29, 1.82) is 0 Å². The molecule has 0 atom stereocenters. The van der Waals surface area contributed by atoms with Gasteiger partial charge in [-0.25, -0.2) is 4.79 Å². The third-order valence-corrected chi connectivity index (χ3v) is 0.868. The van der Waals surface area contributed by atoms with Gasteiger partial charge in [0.25, 0.3) is 5.78 Å². The van der Waals surface area contributed by atoms with Crippen LogP contribution >= 0.6 is 11.6 Å². The fourth-order valence-electron chi connectivity index (χ4n) is 0.319. The number of esters is 1. The second-order valence-corrected chi connectivity index (χ2v) is 1.75. The topological polar surface area (TPSA) is 80.7 Å². The van der Waals surface area contributed by atoms with Crippen LogP contribution in [0, 0.1) is 0 Å². The second-order valence-electron chi connectivity index (χ2n) is 1.53. The van der Waals surface area contributed by atoms with Crippen LogP contribution < -0.4 is 0 Å². The number of hydrogen-bond donors (Lipinski definition) is 1. The number of alkyl halides is 1. The summed E-state index contributed by atoms with van der Waals surface area (Å²) in [6, 6.07) is -0.383. The maximum atomic E-state index is 10.4. The molecule has 0 saturated carbocycles. The van der Waals surface area contributed by atoms with Gasteiger partial charge in [-0.3, -0.25) is 9.59 Å². The lowest BCUT2D eigenvalue weighted by Gasteiger charge is -1.95. The molecule has 0 rings (SSSR count). The lowest BCUT2D eigenvalue weighted by molar-refractivity contribution is -0.154. The van der Waals surface area contributed by atoms with Crippen LogP contribution in [-0.4, -0.2) is 28.9 Å². The van der Waals surface area contributed by atoms with Gasteiger partial charge in [0.15, 0.2) is 6.07 Å². The Labute approximate surface area is 66.9 Å². The molecule has 0 spiro atoms. The Bertz CT molecular complexity index is 187. The highest BCUT2D eigenvalue weighted by Crippen LogP contribution is 1.90. The van der Waals surface area contributed by atoms with Crippen LogP contribution in [-0.2, 0) is 19.1 Å². The van der Waals surface area contributed by atoms with Crippen molar-refractivity contribution in [2.45, 2.75) is 6.42 Å². The van der Waals surface area contributed by atoms with E-state index in [0.29, 0.717) is 0 Å². The predicted molar refractivity (Wildman–Crippen MR) is 34.1 cm³/mol. The molecule has 0 unspecified atom stereocenters. The zero-order valence-electron chi connectivity index (χ0n) is 5.37. The number of Topliss-reactive ketones (excluding diaryl/α,β-unsaturated/α-hetero) is 1. The molecule has 5 nitrogen and oxygen atoms in total. The number of carbonyl (C=O) groups excluding carboxylic acids is 2. The first-order valence-electron chi connectivity index (χ1n) is 2.55. The molecule has 6 heteroatoms. The standard InChI is InChI=1S/C5H5ClO5/c6-2-11-4(8)1-3(7)5(9)10/h1-2H2,(H,9,10). The molecular weight excluding hydrogens is 176 g/mol. The number of carboxylic acid groups (broad SMARTS) is 1. The van der Waals surface area contributed by atoms with Crippen molar-refractivity contribution in [1.82, 2.24) is 0 Å². The summed E-state index contributed by atoms with van der Waals surface area (Å²) in [6.07, 6.45) is -0.776. The first-order chi connectivity index (χ1) is 5.07. The minimum atomic E-state index is -1.66. The van der Waals surface area contributed by atoms with E-state index >= 15 is 0 Å². The van der Waals surface area contributed by atoms with Gasteiger partial charge >= 0.3 is 11.9 Å². The molecule has 0 saturated heterocycles. The number of carboxylic acids is 1. The van der Waals surface area contributed by atoms with Crippen molar-refractivity contribution in [2.75, 3.05) is 6.07 Å². The van der Waals surface area contributed by atoms with Gasteiger partial charge in [-0.15, -0.1) is 0 Å². The van der Waals surface area contributed by atoms with Crippen LogP contribution in [0.4, 0.5) is 0 Å². The summed E-state index contributed by atoms with van der Waals surface area (Å²) >= 11 is 4.96. The Morgan fingerprint density at radius 2 is 1.91 bits per heavy atom. The molecule has 0 aliphatic rings. The van der Waals surface area contributed by atoms with Crippen molar-refractivity contribution in [3.8, 4) is 0 Å². The number of aliphatic carboxylic acids is 1. The minimum absolute atomic E-state index is 0.383. The first kappa shape index (κ1) is 9.90. The van der Waals surface area contributed by atoms with Gasteiger partial charge in [0.1, 0.15) is 6.42 Å². The Balaban J connectivity index is 3.76. The fraction of sp³-hybridized carbons (Fsp3) is 0.400. The van der Waals surface area contributed by atoms with Crippen LogP contribution in [0.25, 0.3) is 0 Å². The molecule has 0 bridgehead atoms. The van der Waals surface area contributed by atoms with E-state index in [-0.39, 0.29) is 6.07 Å². The van der Waals surface area contributed by atoms with Crippen LogP contribution in [0.2, 0.25) is 0 Å². The average molecular weight is 181 g/mol. The maximum Gasteiger partial charge on any atom is 0.372 e. The van der Waals surface area contributed by atoms with Gasteiger partial charge in [0.05, 0.1) is 0 Å². The highest BCUT2D eigenvalue weighted by Gasteiger charge is 2.16. The van der Waals surface area contributed by atoms with E-state index in [1.54, 1.807) is 0 Å². The monoisotopic (exact) mass is 180 g/mol. The Morgan fingerprint density at radius 1 is 1.36 bits per heavy atom. The number of ketones is 1. The zero-order valence-corrected chi connectivity index (χ0v) is 6.13. The van der Waals surface area contributed by atoms with E-state index in [9.17, 15) is 14.4 Å². The molecule has 0 fully saturated rings. The van der Waals surface area contributed by atoms with Crippen LogP contribution in [0.3, 0.4) is 0 Å². The highest BCUT2D eigenvalue weighted by molar-refractivity contribution is 6.35. The summed E-state index contributed by atoms with van der Waals surface area (Å²) in [7, 11) is 0. The molecule has 0 amide bonds. The summed E-state index contributed by atoms with van der Waals surface area (Å²) < 4.78 is 4.11. The summed E-state index contributed by atoms with van der Waals surface area (Å²) in [5.74, 6) is -3.80. The molecule has 0 aromatic carbocycles. The molecule has 62 valence electrons. The molecular formula is C5H5ClO5. The smallest absolute Gasteiger partial charge is 0.372 e. The highest BCUT2D eigenvalue weighted by atomic mass is 35.5. The van der Waals surface area contributed by atoms with Gasteiger partial charge in [-0.1, -0.05) is 11.6 Å². The minimum Gasteiger partial charge on any atom is -0.475 e. The summed E-state index contributed by atoms with van der Waals surface area (Å²) in [5.41, 5.74) is 0. The zero-order chi connectivity index (χ0) is 8.85. The van der Waals surface area contributed by atoms with Gasteiger partial charge in [-0.2, -0.15) is 0 Å². The molecule has 0 aliphatic carbocycles. The molecule has 0 aromatic rings. The van der Waals surface area contributed by atoms with Crippen LogP contribution in [0.15, 0.2) is 0 Å². The number of carbonyl (C=O) groups is 3. The third kappa shape index (κ3) is 4.32. The number of hydrogen-bond acceptors (Lipinski definition) is 4. The summed E-state index contributed by atoms with van der Waals surface area (Å²) in [5, 5.41) is 8.01. The first-order valence-corrected chi connectivity index (χ1v) is 3.09. The molecule has 0 aromatic heterocycles. The van der Waals surface area contributed by atoms with Crippen molar-refractivity contribution in [3.63, 3.8) is 0 Å². The van der Waals surface area contributed by atoms with E-state index in [1.807, 2.05) is 0 Å². The summed E-state index contributed by atoms with van der Waals surface area (Å²) in [4.78, 5) is 30.5. The Kier molecular flexibility index (Phi) is 4.21. The molecule has 11 heavy (non-hydrogen) atoms. The van der Waals surface area contributed by atoms with E-state index in [0.717, 1.165) is 0 Å². The molecule has 1 N–H and O–H groups in total. The van der Waals surface area contributed by atoms with Crippen LogP contribution in [0.1, 0.15) is 6.42 Å². The van der Waals surface area contributed by atoms with Gasteiger partial charge in [0, 0.05) is 0 Å². The maximum absolute atomic E-state index is 10.4. The van der Waals surface area contributed by atoms with Gasteiger partial charge < -0.3 is 9.84 Å². The van der Waals surface area contributed by atoms with Crippen molar-refractivity contribution < 1.29 is 24.2 Å². The quantitative estimate of drug-likeness (QED) is 0.280. The second kappa shape index (κ2) is 4.68. The SMILES string of the molecule is O=C(CC(=O)C(=O)O)OCCl. The number of ether oxygens (including phenoxy) is 1. The molecule has 0 heterocycles. The largest absolute Gasteiger partial charge is 0.475 e. The average Bonchev–Trinajstić information content (AvgIpc) is 1.87. The lowest BCUT2D eigenvalue weighted by atomic mass is 10.3. The molecule has 0 radical (unpaired) electrons. The van der Waals surface area contributed by atoms with Crippen molar-refractivity contribution in [3.05, 3.63) is 0 Å². The lowest BCUT2D eigenvalue weighted by Crippen LogP contribution is -2.18. The van der Waals surface area contributed by atoms with Gasteiger partial charge in [-0.05, 0) is 0 Å². The predicted octanol–water partition coefficient (Wildman–Crippen LogP) is -0.230. The Hall–Kier alpha value is -1.10. The van der Waals surface area contributed by atoms with Crippen molar-refractivity contribution in [2.24, 2.45) is 0 Å². The van der Waals surface area contributed by atoms with E-state index in [4.69, 9.17) is 16.7 Å². The van der Waals surface area contributed by atoms with E-state index < -0.39 is 24.1 Å². The van der Waals surface area contributed by atoms with E-state index in [2.05, 4.69) is 4.74 Å².